The van der Waals surface area contributed by atoms with Gasteiger partial charge in [-0.1, -0.05) is 50.8 Å². The van der Waals surface area contributed by atoms with Crippen molar-refractivity contribution in [3.05, 3.63) is 69.2 Å². The maximum Gasteiger partial charge on any atom is 0.434 e. The van der Waals surface area contributed by atoms with Gasteiger partial charge in [-0.25, -0.2) is 4.79 Å². The number of halogens is 1. The van der Waals surface area contributed by atoms with Gasteiger partial charge in [-0.3, -0.25) is 9.59 Å². The summed E-state index contributed by atoms with van der Waals surface area (Å²) in [6.07, 6.45) is 3.23. The van der Waals surface area contributed by atoms with E-state index in [1.807, 2.05) is 0 Å². The lowest BCUT2D eigenvalue weighted by molar-refractivity contribution is -0.0595. The smallest absolute Gasteiger partial charge is 0.310 e. The second kappa shape index (κ2) is 8.60. The summed E-state index contributed by atoms with van der Waals surface area (Å²) in [4.78, 5) is 44.2. The fourth-order valence-corrected chi connectivity index (χ4v) is 4.30. The van der Waals surface area contributed by atoms with Gasteiger partial charge in [0.1, 0.15) is 0 Å². The standard InChI is InChI=1S/C23H23BrN2O4/c1-15-2-4-16(5-3-15)6-7-17-10-12-25(13-11-17)23(29)30-26-21(27)19-9-8-18(24)14-20(19)22(26)28/h2-5,8-9,14,17H,6-7,10-13H2,1H3. The lowest BCUT2D eigenvalue weighted by Crippen LogP contribution is -2.43. The van der Waals surface area contributed by atoms with Crippen molar-refractivity contribution in [2.45, 2.75) is 32.6 Å². The summed E-state index contributed by atoms with van der Waals surface area (Å²) in [5.41, 5.74) is 3.07. The molecule has 3 amide bonds. The van der Waals surface area contributed by atoms with E-state index < -0.39 is 17.9 Å². The van der Waals surface area contributed by atoms with Crippen LogP contribution in [0.5, 0.6) is 0 Å². The van der Waals surface area contributed by atoms with Gasteiger partial charge in [0.25, 0.3) is 11.8 Å². The number of piperidine rings is 1. The first-order valence-corrected chi connectivity index (χ1v) is 10.9. The van der Waals surface area contributed by atoms with Crippen LogP contribution < -0.4 is 0 Å². The van der Waals surface area contributed by atoms with E-state index in [2.05, 4.69) is 47.1 Å². The van der Waals surface area contributed by atoms with E-state index in [1.165, 1.54) is 11.1 Å². The molecule has 1 saturated heterocycles. The minimum atomic E-state index is -0.652. The molecule has 2 aliphatic heterocycles. The highest BCUT2D eigenvalue weighted by Gasteiger charge is 2.40. The number of hydrogen-bond donors (Lipinski definition) is 0. The maximum absolute atomic E-state index is 12.5. The van der Waals surface area contributed by atoms with Crippen LogP contribution in [0, 0.1) is 12.8 Å². The van der Waals surface area contributed by atoms with Gasteiger partial charge in [0, 0.05) is 17.6 Å². The first kappa shape index (κ1) is 20.6. The Bertz CT molecular complexity index is 981. The van der Waals surface area contributed by atoms with Crippen LogP contribution in [0.25, 0.3) is 0 Å². The molecule has 4 rings (SSSR count). The predicted octanol–water partition coefficient (Wildman–Crippen LogP) is 4.75. The molecule has 30 heavy (non-hydrogen) atoms. The number of carbonyl (C=O) groups excluding carboxylic acids is 3. The van der Waals surface area contributed by atoms with Crippen LogP contribution in [-0.4, -0.2) is 41.0 Å². The molecule has 0 saturated carbocycles. The summed E-state index contributed by atoms with van der Waals surface area (Å²) in [5.74, 6) is -0.673. The molecule has 2 aromatic carbocycles. The topological polar surface area (TPSA) is 66.9 Å². The summed E-state index contributed by atoms with van der Waals surface area (Å²) in [5, 5.41) is 0.572. The van der Waals surface area contributed by atoms with Crippen LogP contribution >= 0.6 is 15.9 Å². The number of aryl methyl sites for hydroxylation is 2. The number of benzene rings is 2. The largest absolute Gasteiger partial charge is 0.434 e. The van der Waals surface area contributed by atoms with E-state index >= 15 is 0 Å². The Kier molecular flexibility index (Phi) is 5.90. The van der Waals surface area contributed by atoms with Gasteiger partial charge in [0.2, 0.25) is 0 Å². The average Bonchev–Trinajstić information content (AvgIpc) is 2.98. The molecule has 1 fully saturated rings. The lowest BCUT2D eigenvalue weighted by Gasteiger charge is -2.31. The Morgan fingerprint density at radius 1 is 1.03 bits per heavy atom. The highest BCUT2D eigenvalue weighted by molar-refractivity contribution is 9.10. The van der Waals surface area contributed by atoms with Crippen LogP contribution in [0.2, 0.25) is 0 Å². The number of rotatable bonds is 4. The molecule has 2 heterocycles. The zero-order valence-electron chi connectivity index (χ0n) is 16.8. The molecule has 0 spiro atoms. The Labute approximate surface area is 183 Å². The number of imide groups is 1. The fourth-order valence-electron chi connectivity index (χ4n) is 3.94. The highest BCUT2D eigenvalue weighted by Crippen LogP contribution is 2.28. The summed E-state index contributed by atoms with van der Waals surface area (Å²) in [7, 11) is 0. The Hall–Kier alpha value is -2.67. The van der Waals surface area contributed by atoms with Crippen LogP contribution in [0.3, 0.4) is 0 Å². The van der Waals surface area contributed by atoms with Gasteiger partial charge in [-0.2, -0.15) is 0 Å². The van der Waals surface area contributed by atoms with Crippen molar-refractivity contribution in [1.82, 2.24) is 9.96 Å². The van der Waals surface area contributed by atoms with Crippen molar-refractivity contribution in [3.8, 4) is 0 Å². The normalized spacial score (nSPS) is 16.7. The summed E-state index contributed by atoms with van der Waals surface area (Å²) in [6.45, 7) is 3.21. The fraction of sp³-hybridized carbons (Fsp3) is 0.348. The third kappa shape index (κ3) is 4.26. The molecule has 2 aromatic rings. The number of amides is 3. The van der Waals surface area contributed by atoms with Gasteiger partial charge in [0.15, 0.2) is 0 Å². The number of hydroxylamine groups is 2. The van der Waals surface area contributed by atoms with Crippen LogP contribution in [-0.2, 0) is 11.3 Å². The van der Waals surface area contributed by atoms with E-state index in [0.29, 0.717) is 28.5 Å². The van der Waals surface area contributed by atoms with Crippen molar-refractivity contribution in [2.24, 2.45) is 5.92 Å². The number of fused-ring (bicyclic) bond motifs is 1. The minimum absolute atomic E-state index is 0.233. The molecule has 6 nitrogen and oxygen atoms in total. The Morgan fingerprint density at radius 2 is 1.70 bits per heavy atom. The van der Waals surface area contributed by atoms with Gasteiger partial charge in [-0.15, -0.1) is 0 Å². The first-order valence-electron chi connectivity index (χ1n) is 10.1. The second-order valence-electron chi connectivity index (χ2n) is 7.91. The maximum atomic E-state index is 12.5. The Morgan fingerprint density at radius 3 is 2.40 bits per heavy atom. The molecule has 0 radical (unpaired) electrons. The minimum Gasteiger partial charge on any atom is -0.310 e. The quantitative estimate of drug-likeness (QED) is 0.604. The van der Waals surface area contributed by atoms with Gasteiger partial charge >= 0.3 is 6.09 Å². The molecule has 2 aliphatic rings. The zero-order valence-corrected chi connectivity index (χ0v) is 18.4. The van der Waals surface area contributed by atoms with Gasteiger partial charge in [0.05, 0.1) is 11.1 Å². The van der Waals surface area contributed by atoms with Crippen molar-refractivity contribution >= 4 is 33.8 Å². The lowest BCUT2D eigenvalue weighted by atomic mass is 9.90. The van der Waals surface area contributed by atoms with E-state index in [1.54, 1.807) is 23.1 Å². The molecule has 0 atom stereocenters. The van der Waals surface area contributed by atoms with Crippen molar-refractivity contribution in [2.75, 3.05) is 13.1 Å². The molecule has 0 aliphatic carbocycles. The number of likely N-dealkylation sites (tertiary alicyclic amines) is 1. The molecular weight excluding hydrogens is 448 g/mol. The number of carbonyl (C=O) groups is 3. The van der Waals surface area contributed by atoms with Gasteiger partial charge < -0.3 is 9.74 Å². The van der Waals surface area contributed by atoms with Crippen molar-refractivity contribution in [1.29, 1.82) is 0 Å². The SMILES string of the molecule is Cc1ccc(CCC2CCN(C(=O)ON3C(=O)c4ccc(Br)cc4C3=O)CC2)cc1. The predicted molar refractivity (Wildman–Crippen MR) is 115 cm³/mol. The highest BCUT2D eigenvalue weighted by atomic mass is 79.9. The van der Waals surface area contributed by atoms with E-state index in [0.717, 1.165) is 25.7 Å². The van der Waals surface area contributed by atoms with Crippen LogP contribution in [0.15, 0.2) is 46.9 Å². The zero-order chi connectivity index (χ0) is 21.3. The molecule has 0 aromatic heterocycles. The average molecular weight is 471 g/mol. The van der Waals surface area contributed by atoms with Gasteiger partial charge in [-0.05, 0) is 62.3 Å². The summed E-state index contributed by atoms with van der Waals surface area (Å²) >= 11 is 3.28. The first-order chi connectivity index (χ1) is 14.4. The third-order valence-electron chi connectivity index (χ3n) is 5.82. The van der Waals surface area contributed by atoms with E-state index in [-0.39, 0.29) is 11.1 Å². The third-order valence-corrected chi connectivity index (χ3v) is 6.31. The van der Waals surface area contributed by atoms with E-state index in [4.69, 9.17) is 4.84 Å². The molecule has 7 heteroatoms. The number of nitrogens with zero attached hydrogens (tertiary/aromatic N) is 2. The number of hydrogen-bond acceptors (Lipinski definition) is 4. The molecular formula is C23H23BrN2O4. The molecule has 156 valence electrons. The summed E-state index contributed by atoms with van der Waals surface area (Å²) in [6, 6.07) is 13.4. The van der Waals surface area contributed by atoms with Crippen LogP contribution in [0.1, 0.15) is 51.1 Å². The molecule has 0 bridgehead atoms. The molecule has 0 unspecified atom stereocenters. The summed E-state index contributed by atoms with van der Waals surface area (Å²) < 4.78 is 0.684. The monoisotopic (exact) mass is 470 g/mol. The van der Waals surface area contributed by atoms with Crippen molar-refractivity contribution in [3.63, 3.8) is 0 Å². The van der Waals surface area contributed by atoms with Crippen LogP contribution in [0.4, 0.5) is 4.79 Å². The van der Waals surface area contributed by atoms with Crippen molar-refractivity contribution < 1.29 is 19.2 Å². The second-order valence-corrected chi connectivity index (χ2v) is 8.82. The Balaban J connectivity index is 1.28. The molecule has 0 N–H and O–H groups in total. The van der Waals surface area contributed by atoms with E-state index in [9.17, 15) is 14.4 Å².